The molecule has 118 valence electrons. The summed E-state index contributed by atoms with van der Waals surface area (Å²) in [6.45, 7) is 2.44. The summed E-state index contributed by atoms with van der Waals surface area (Å²) in [6, 6.07) is 7.22. The third-order valence-corrected chi connectivity index (χ3v) is 4.67. The fourth-order valence-corrected chi connectivity index (χ4v) is 3.44. The second-order valence-corrected chi connectivity index (χ2v) is 6.03. The number of imide groups is 1. The highest BCUT2D eigenvalue weighted by Crippen LogP contribution is 2.23. The fourth-order valence-electron chi connectivity index (χ4n) is 3.44. The number of hydrogen-bond donors (Lipinski definition) is 1. The Morgan fingerprint density at radius 1 is 1.05 bits per heavy atom. The van der Waals surface area contributed by atoms with Gasteiger partial charge in [-0.3, -0.25) is 19.4 Å². The minimum atomic E-state index is -0.182. The summed E-state index contributed by atoms with van der Waals surface area (Å²) < 4.78 is 0. The van der Waals surface area contributed by atoms with Crippen molar-refractivity contribution in [3.63, 3.8) is 0 Å². The summed E-state index contributed by atoms with van der Waals surface area (Å²) in [5, 5.41) is 9.41. The Bertz CT molecular complexity index is 538. The number of nitrogens with zero attached hydrogens (tertiary/aromatic N) is 2. The Morgan fingerprint density at radius 2 is 1.73 bits per heavy atom. The van der Waals surface area contributed by atoms with Gasteiger partial charge in [0, 0.05) is 19.1 Å². The maximum atomic E-state index is 12.3. The van der Waals surface area contributed by atoms with Gasteiger partial charge in [-0.05, 0) is 37.9 Å². The second kappa shape index (κ2) is 6.58. The summed E-state index contributed by atoms with van der Waals surface area (Å²) in [4.78, 5) is 28.2. The normalized spacial score (nSPS) is 22.2. The Balaban J connectivity index is 1.57. The van der Waals surface area contributed by atoms with Crippen LogP contribution in [0.4, 0.5) is 0 Å². The third-order valence-electron chi connectivity index (χ3n) is 4.67. The van der Waals surface area contributed by atoms with Crippen LogP contribution in [0.3, 0.4) is 0 Å². The van der Waals surface area contributed by atoms with E-state index in [0.717, 1.165) is 32.4 Å². The number of hydrogen-bond acceptors (Lipinski definition) is 4. The minimum absolute atomic E-state index is 0.182. The van der Waals surface area contributed by atoms with Crippen molar-refractivity contribution < 1.29 is 14.7 Å². The Labute approximate surface area is 130 Å². The number of carbonyl (C=O) groups is 2. The highest BCUT2D eigenvalue weighted by Gasteiger charge is 2.34. The molecule has 0 bridgehead atoms. The van der Waals surface area contributed by atoms with Gasteiger partial charge in [0.05, 0.1) is 17.7 Å². The van der Waals surface area contributed by atoms with E-state index in [1.807, 2.05) is 0 Å². The number of benzene rings is 1. The van der Waals surface area contributed by atoms with Crippen LogP contribution in [-0.2, 0) is 0 Å². The number of aliphatic hydroxyl groups is 1. The predicted molar refractivity (Wildman–Crippen MR) is 82.7 cm³/mol. The summed E-state index contributed by atoms with van der Waals surface area (Å²) >= 11 is 0. The summed E-state index contributed by atoms with van der Waals surface area (Å²) in [5.41, 5.74) is 1.03. The number of piperidine rings is 1. The molecule has 22 heavy (non-hydrogen) atoms. The molecule has 1 fully saturated rings. The van der Waals surface area contributed by atoms with E-state index in [1.165, 1.54) is 11.3 Å². The Morgan fingerprint density at radius 3 is 2.36 bits per heavy atom. The van der Waals surface area contributed by atoms with Crippen LogP contribution in [0.1, 0.15) is 46.4 Å². The standard InChI is InChI=1S/C17H22N2O3/c20-12-13-6-3-4-9-18(13)10-5-11-19-16(21)14-7-1-2-8-15(14)17(19)22/h1-2,7-8,13,20H,3-6,9-12H2. The van der Waals surface area contributed by atoms with Crippen LogP contribution in [0.15, 0.2) is 24.3 Å². The van der Waals surface area contributed by atoms with Crippen LogP contribution in [0.5, 0.6) is 0 Å². The number of aliphatic hydroxyl groups excluding tert-OH is 1. The van der Waals surface area contributed by atoms with Gasteiger partial charge in [-0.2, -0.15) is 0 Å². The van der Waals surface area contributed by atoms with Crippen LogP contribution in [0.25, 0.3) is 0 Å². The molecular weight excluding hydrogens is 280 g/mol. The first-order chi connectivity index (χ1) is 10.7. The van der Waals surface area contributed by atoms with E-state index in [2.05, 4.69) is 4.90 Å². The molecule has 1 unspecified atom stereocenters. The molecule has 0 aromatic heterocycles. The topological polar surface area (TPSA) is 60.9 Å². The van der Waals surface area contributed by atoms with Crippen LogP contribution in [0, 0.1) is 0 Å². The van der Waals surface area contributed by atoms with Gasteiger partial charge in [0.2, 0.25) is 0 Å². The lowest BCUT2D eigenvalue weighted by Crippen LogP contribution is -2.43. The van der Waals surface area contributed by atoms with Crippen LogP contribution in [0.2, 0.25) is 0 Å². The Hall–Kier alpha value is -1.72. The quantitative estimate of drug-likeness (QED) is 0.838. The molecule has 2 amide bonds. The fraction of sp³-hybridized carbons (Fsp3) is 0.529. The van der Waals surface area contributed by atoms with E-state index < -0.39 is 0 Å². The summed E-state index contributed by atoms with van der Waals surface area (Å²) in [6.07, 6.45) is 4.11. The molecule has 1 aromatic rings. The molecule has 5 nitrogen and oxygen atoms in total. The van der Waals surface area contributed by atoms with Crippen molar-refractivity contribution in [3.05, 3.63) is 35.4 Å². The lowest BCUT2D eigenvalue weighted by molar-refractivity contribution is 0.0618. The second-order valence-electron chi connectivity index (χ2n) is 6.03. The van der Waals surface area contributed by atoms with Gasteiger partial charge in [-0.15, -0.1) is 0 Å². The van der Waals surface area contributed by atoms with Gasteiger partial charge in [0.25, 0.3) is 11.8 Å². The molecule has 2 aliphatic heterocycles. The molecule has 1 aromatic carbocycles. The Kier molecular flexibility index (Phi) is 4.55. The van der Waals surface area contributed by atoms with E-state index in [9.17, 15) is 14.7 Å². The summed E-state index contributed by atoms with van der Waals surface area (Å²) in [5.74, 6) is -0.365. The lowest BCUT2D eigenvalue weighted by Gasteiger charge is -2.34. The molecule has 3 rings (SSSR count). The summed E-state index contributed by atoms with van der Waals surface area (Å²) in [7, 11) is 0. The van der Waals surface area contributed by atoms with Gasteiger partial charge in [0.1, 0.15) is 0 Å². The molecule has 2 heterocycles. The predicted octanol–water partition coefficient (Wildman–Crippen LogP) is 1.52. The van der Waals surface area contributed by atoms with E-state index in [1.54, 1.807) is 24.3 Å². The third kappa shape index (κ3) is 2.78. The van der Waals surface area contributed by atoms with E-state index in [0.29, 0.717) is 17.7 Å². The van der Waals surface area contributed by atoms with Crippen molar-refractivity contribution in [2.75, 3.05) is 26.2 Å². The maximum Gasteiger partial charge on any atom is 0.261 e. The first-order valence-electron chi connectivity index (χ1n) is 8.02. The van der Waals surface area contributed by atoms with Gasteiger partial charge in [0.15, 0.2) is 0 Å². The van der Waals surface area contributed by atoms with Crippen molar-refractivity contribution in [3.8, 4) is 0 Å². The zero-order valence-corrected chi connectivity index (χ0v) is 12.7. The molecule has 1 saturated heterocycles. The van der Waals surface area contributed by atoms with Crippen molar-refractivity contribution in [2.45, 2.75) is 31.7 Å². The number of rotatable bonds is 5. The van der Waals surface area contributed by atoms with Crippen molar-refractivity contribution in [2.24, 2.45) is 0 Å². The number of fused-ring (bicyclic) bond motifs is 1. The van der Waals surface area contributed by atoms with Crippen molar-refractivity contribution >= 4 is 11.8 Å². The molecule has 0 aliphatic carbocycles. The van der Waals surface area contributed by atoms with Gasteiger partial charge in [-0.25, -0.2) is 0 Å². The number of carbonyl (C=O) groups excluding carboxylic acids is 2. The molecule has 1 atom stereocenters. The van der Waals surface area contributed by atoms with Gasteiger partial charge < -0.3 is 5.11 Å². The van der Waals surface area contributed by atoms with E-state index >= 15 is 0 Å². The van der Waals surface area contributed by atoms with Crippen molar-refractivity contribution in [1.29, 1.82) is 0 Å². The van der Waals surface area contributed by atoms with Crippen LogP contribution < -0.4 is 0 Å². The zero-order chi connectivity index (χ0) is 15.5. The highest BCUT2D eigenvalue weighted by molar-refractivity contribution is 6.21. The molecule has 1 N–H and O–H groups in total. The molecule has 5 heteroatoms. The molecule has 0 spiro atoms. The molecule has 0 saturated carbocycles. The smallest absolute Gasteiger partial charge is 0.261 e. The van der Waals surface area contributed by atoms with Crippen LogP contribution >= 0.6 is 0 Å². The maximum absolute atomic E-state index is 12.3. The molecular formula is C17H22N2O3. The van der Waals surface area contributed by atoms with Gasteiger partial charge >= 0.3 is 0 Å². The number of amides is 2. The van der Waals surface area contributed by atoms with E-state index in [-0.39, 0.29) is 24.5 Å². The zero-order valence-electron chi connectivity index (χ0n) is 12.7. The average molecular weight is 302 g/mol. The first kappa shape index (κ1) is 15.2. The molecule has 0 radical (unpaired) electrons. The first-order valence-corrected chi connectivity index (χ1v) is 8.02. The average Bonchev–Trinajstić information content (AvgIpc) is 2.80. The monoisotopic (exact) mass is 302 g/mol. The van der Waals surface area contributed by atoms with Gasteiger partial charge in [-0.1, -0.05) is 18.6 Å². The highest BCUT2D eigenvalue weighted by atomic mass is 16.3. The largest absolute Gasteiger partial charge is 0.395 e. The van der Waals surface area contributed by atoms with E-state index in [4.69, 9.17) is 0 Å². The lowest BCUT2D eigenvalue weighted by atomic mass is 10.0. The molecule has 2 aliphatic rings. The van der Waals surface area contributed by atoms with Crippen LogP contribution in [-0.4, -0.2) is 59.0 Å². The SMILES string of the molecule is O=C1c2ccccc2C(=O)N1CCCN1CCCCC1CO. The van der Waals surface area contributed by atoms with Crippen molar-refractivity contribution in [1.82, 2.24) is 9.80 Å². The minimum Gasteiger partial charge on any atom is -0.395 e. The number of likely N-dealkylation sites (tertiary alicyclic amines) is 1.